The Hall–Kier alpha value is -2.57. The summed E-state index contributed by atoms with van der Waals surface area (Å²) in [5, 5.41) is 2.72. The first-order chi connectivity index (χ1) is 13.9. The van der Waals surface area contributed by atoms with Gasteiger partial charge in [-0.25, -0.2) is 9.69 Å². The van der Waals surface area contributed by atoms with E-state index in [1.54, 1.807) is 0 Å². The zero-order valence-electron chi connectivity index (χ0n) is 15.5. The molecule has 1 aliphatic heterocycles. The van der Waals surface area contributed by atoms with E-state index in [0.29, 0.717) is 11.1 Å². The smallest absolute Gasteiger partial charge is 0.335 e. The molecule has 4 amide bonds. The predicted octanol–water partition coefficient (Wildman–Crippen LogP) is 4.97. The van der Waals surface area contributed by atoms with Gasteiger partial charge < -0.3 is 4.57 Å². The molecule has 2 aromatic rings. The fourth-order valence-corrected chi connectivity index (χ4v) is 4.10. The summed E-state index contributed by atoms with van der Waals surface area (Å²) in [5.41, 5.74) is 0.856. The molecule has 1 saturated heterocycles. The number of nitrogens with one attached hydrogen (secondary N) is 1. The van der Waals surface area contributed by atoms with Crippen LogP contribution in [-0.4, -0.2) is 22.4 Å². The molecule has 2 fully saturated rings. The van der Waals surface area contributed by atoms with Crippen molar-refractivity contribution in [2.45, 2.75) is 38.1 Å². The molecule has 8 heteroatoms. The monoisotopic (exact) mass is 431 g/mol. The molecule has 0 unspecified atom stereocenters. The third-order valence-electron chi connectivity index (χ3n) is 5.31. The maximum Gasteiger partial charge on any atom is 0.335 e. The van der Waals surface area contributed by atoms with E-state index in [1.165, 1.54) is 43.5 Å². The minimum absolute atomic E-state index is 0.114. The van der Waals surface area contributed by atoms with Gasteiger partial charge in [-0.15, -0.1) is 0 Å². The molecular formula is C21H19Cl2N3O3. The Morgan fingerprint density at radius 1 is 1.00 bits per heavy atom. The quantitative estimate of drug-likeness (QED) is 0.550. The number of benzene rings is 1. The summed E-state index contributed by atoms with van der Waals surface area (Å²) in [6.45, 7) is 0. The molecule has 0 bridgehead atoms. The lowest BCUT2D eigenvalue weighted by atomic mass is 9.95. The number of nitrogens with zero attached hydrogens (tertiary/aromatic N) is 2. The number of carbonyl (C=O) groups excluding carboxylic acids is 3. The van der Waals surface area contributed by atoms with E-state index in [1.807, 2.05) is 18.5 Å². The van der Waals surface area contributed by atoms with Crippen molar-refractivity contribution in [3.05, 3.63) is 57.8 Å². The minimum atomic E-state index is -0.824. The van der Waals surface area contributed by atoms with Crippen LogP contribution >= 0.6 is 23.2 Å². The minimum Gasteiger partial charge on any atom is -0.351 e. The van der Waals surface area contributed by atoms with Crippen LogP contribution in [0.3, 0.4) is 0 Å². The Morgan fingerprint density at radius 2 is 1.76 bits per heavy atom. The van der Waals surface area contributed by atoms with Crippen molar-refractivity contribution >= 4 is 52.8 Å². The number of halogens is 2. The molecule has 4 rings (SSSR count). The number of barbiturate groups is 1. The molecule has 1 N–H and O–H groups in total. The van der Waals surface area contributed by atoms with Gasteiger partial charge in [0.1, 0.15) is 5.57 Å². The first-order valence-electron chi connectivity index (χ1n) is 9.48. The molecule has 0 atom stereocenters. The summed E-state index contributed by atoms with van der Waals surface area (Å²) in [4.78, 5) is 38.4. The van der Waals surface area contributed by atoms with Gasteiger partial charge in [-0.2, -0.15) is 0 Å². The summed E-state index contributed by atoms with van der Waals surface area (Å²) in [6.07, 6.45) is 11.4. The predicted molar refractivity (Wildman–Crippen MR) is 112 cm³/mol. The van der Waals surface area contributed by atoms with Crippen LogP contribution in [0.5, 0.6) is 0 Å². The molecule has 0 radical (unpaired) electrons. The number of amides is 4. The van der Waals surface area contributed by atoms with Crippen LogP contribution in [0.2, 0.25) is 10.0 Å². The Balaban J connectivity index is 1.63. The molecule has 29 heavy (non-hydrogen) atoms. The Bertz CT molecular complexity index is 1020. The van der Waals surface area contributed by atoms with Crippen LogP contribution < -0.4 is 10.2 Å². The molecule has 1 aliphatic carbocycles. The second kappa shape index (κ2) is 8.05. The van der Waals surface area contributed by atoms with Crippen molar-refractivity contribution in [3.8, 4) is 0 Å². The van der Waals surface area contributed by atoms with Crippen LogP contribution in [0.4, 0.5) is 10.5 Å². The first kappa shape index (κ1) is 19.7. The normalized spacial score (nSPS) is 19.7. The Kier molecular flexibility index (Phi) is 5.48. The van der Waals surface area contributed by atoms with E-state index >= 15 is 0 Å². The standard InChI is InChI=1S/C21H19Cl2N3O3/c22-17-7-6-15(11-18(17)23)26-20(28)16(19(27)24-21(26)29)10-13-8-9-25(12-13)14-4-2-1-3-5-14/h6-12,14H,1-5H2,(H,24,27,29)/b16-10-. The van der Waals surface area contributed by atoms with E-state index in [9.17, 15) is 14.4 Å². The summed E-state index contributed by atoms with van der Waals surface area (Å²) < 4.78 is 2.14. The average molecular weight is 432 g/mol. The maximum absolute atomic E-state index is 12.9. The third-order valence-corrected chi connectivity index (χ3v) is 6.05. The van der Waals surface area contributed by atoms with Crippen molar-refractivity contribution in [1.29, 1.82) is 0 Å². The molecule has 1 aromatic heterocycles. The first-order valence-corrected chi connectivity index (χ1v) is 10.2. The van der Waals surface area contributed by atoms with Crippen molar-refractivity contribution in [3.63, 3.8) is 0 Å². The number of imide groups is 2. The largest absolute Gasteiger partial charge is 0.351 e. The van der Waals surface area contributed by atoms with Crippen molar-refractivity contribution < 1.29 is 14.4 Å². The van der Waals surface area contributed by atoms with Gasteiger partial charge in [0.2, 0.25) is 0 Å². The Morgan fingerprint density at radius 3 is 2.48 bits per heavy atom. The number of rotatable bonds is 3. The van der Waals surface area contributed by atoms with Gasteiger partial charge >= 0.3 is 6.03 Å². The lowest BCUT2D eigenvalue weighted by molar-refractivity contribution is -0.122. The maximum atomic E-state index is 12.9. The molecule has 1 saturated carbocycles. The van der Waals surface area contributed by atoms with Gasteiger partial charge in [0.25, 0.3) is 11.8 Å². The van der Waals surface area contributed by atoms with Crippen LogP contribution in [0, 0.1) is 0 Å². The molecule has 6 nitrogen and oxygen atoms in total. The fourth-order valence-electron chi connectivity index (χ4n) is 3.80. The number of aromatic nitrogens is 1. The second-order valence-corrected chi connectivity index (χ2v) is 8.05. The summed E-state index contributed by atoms with van der Waals surface area (Å²) >= 11 is 11.9. The van der Waals surface area contributed by atoms with Crippen molar-refractivity contribution in [2.24, 2.45) is 0 Å². The number of carbonyl (C=O) groups is 3. The number of urea groups is 1. The van der Waals surface area contributed by atoms with Crippen molar-refractivity contribution in [2.75, 3.05) is 4.90 Å². The topological polar surface area (TPSA) is 71.4 Å². The zero-order valence-corrected chi connectivity index (χ0v) is 17.0. The van der Waals surface area contributed by atoms with E-state index in [0.717, 1.165) is 23.3 Å². The van der Waals surface area contributed by atoms with Gasteiger partial charge in [0.05, 0.1) is 15.7 Å². The average Bonchev–Trinajstić information content (AvgIpc) is 3.17. The van der Waals surface area contributed by atoms with E-state index in [2.05, 4.69) is 9.88 Å². The van der Waals surface area contributed by atoms with Gasteiger partial charge in [0, 0.05) is 18.4 Å². The molecule has 2 heterocycles. The van der Waals surface area contributed by atoms with Gasteiger partial charge in [-0.3, -0.25) is 14.9 Å². The molecule has 150 valence electrons. The van der Waals surface area contributed by atoms with Crippen LogP contribution in [0.1, 0.15) is 43.7 Å². The highest BCUT2D eigenvalue weighted by molar-refractivity contribution is 6.43. The molecule has 0 spiro atoms. The van der Waals surface area contributed by atoms with E-state index in [-0.39, 0.29) is 16.3 Å². The van der Waals surface area contributed by atoms with Crippen LogP contribution in [-0.2, 0) is 9.59 Å². The van der Waals surface area contributed by atoms with Gasteiger partial charge in [-0.05, 0) is 48.7 Å². The van der Waals surface area contributed by atoms with Gasteiger partial charge in [0.15, 0.2) is 0 Å². The molecule has 2 aliphatic rings. The second-order valence-electron chi connectivity index (χ2n) is 7.24. The molecular weight excluding hydrogens is 413 g/mol. The highest BCUT2D eigenvalue weighted by atomic mass is 35.5. The SMILES string of the molecule is O=C1NC(=O)N(c2ccc(Cl)c(Cl)c2)C(=O)/C1=C\c1ccn(C2CCCCC2)c1. The number of anilines is 1. The summed E-state index contributed by atoms with van der Waals surface area (Å²) in [7, 11) is 0. The lowest BCUT2D eigenvalue weighted by Crippen LogP contribution is -2.54. The van der Waals surface area contributed by atoms with Crippen LogP contribution in [0.15, 0.2) is 42.2 Å². The lowest BCUT2D eigenvalue weighted by Gasteiger charge is -2.26. The number of hydrogen-bond acceptors (Lipinski definition) is 3. The highest BCUT2D eigenvalue weighted by Gasteiger charge is 2.37. The van der Waals surface area contributed by atoms with E-state index < -0.39 is 17.8 Å². The summed E-state index contributed by atoms with van der Waals surface area (Å²) in [6, 6.07) is 5.88. The van der Waals surface area contributed by atoms with E-state index in [4.69, 9.17) is 23.2 Å². The third kappa shape index (κ3) is 3.95. The van der Waals surface area contributed by atoms with Crippen molar-refractivity contribution in [1.82, 2.24) is 9.88 Å². The zero-order chi connectivity index (χ0) is 20.5. The Labute approximate surface area is 178 Å². The fraction of sp³-hybridized carbons (Fsp3) is 0.286. The summed E-state index contributed by atoms with van der Waals surface area (Å²) in [5.74, 6) is -1.43. The molecule has 1 aromatic carbocycles. The highest BCUT2D eigenvalue weighted by Crippen LogP contribution is 2.31. The number of hydrogen-bond donors (Lipinski definition) is 1. The van der Waals surface area contributed by atoms with Gasteiger partial charge in [-0.1, -0.05) is 42.5 Å². The van der Waals surface area contributed by atoms with Crippen LogP contribution in [0.25, 0.3) is 6.08 Å².